The van der Waals surface area contributed by atoms with Crippen LogP contribution in [0, 0.1) is 11.8 Å². The number of halogens is 1. The molecule has 0 spiro atoms. The third-order valence-corrected chi connectivity index (χ3v) is 3.45. The third-order valence-electron chi connectivity index (χ3n) is 3.45. The summed E-state index contributed by atoms with van der Waals surface area (Å²) in [5.74, 6) is 1.19. The molecular weight excluding hydrogens is 202 g/mol. The van der Waals surface area contributed by atoms with E-state index in [4.69, 9.17) is 4.74 Å². The standard InChI is InChI=1S/C10H17NO2.ClH/c1-13-10(12)9-8-5-3-2-4-7(8)6-11-9;/h7-9,11H,2-6H2,1H3;1H/t7-,8-,9-;/m1./s1. The van der Waals surface area contributed by atoms with Gasteiger partial charge < -0.3 is 10.1 Å². The lowest BCUT2D eigenvalue weighted by Crippen LogP contribution is -2.37. The van der Waals surface area contributed by atoms with Gasteiger partial charge in [-0.15, -0.1) is 12.4 Å². The maximum atomic E-state index is 11.4. The number of methoxy groups -OCH3 is 1. The van der Waals surface area contributed by atoms with Crippen LogP contribution in [0.3, 0.4) is 0 Å². The fourth-order valence-electron chi connectivity index (χ4n) is 2.74. The Labute approximate surface area is 91.0 Å². The second kappa shape index (κ2) is 4.99. The molecule has 1 saturated heterocycles. The summed E-state index contributed by atoms with van der Waals surface area (Å²) in [6.45, 7) is 1.00. The predicted octanol–water partition coefficient (Wildman–Crippen LogP) is 1.36. The molecule has 0 aromatic rings. The summed E-state index contributed by atoms with van der Waals surface area (Å²) in [4.78, 5) is 11.4. The monoisotopic (exact) mass is 219 g/mol. The lowest BCUT2D eigenvalue weighted by Gasteiger charge is -2.26. The van der Waals surface area contributed by atoms with Crippen LogP contribution in [0.5, 0.6) is 0 Å². The molecular formula is C10H18ClNO2. The van der Waals surface area contributed by atoms with Gasteiger partial charge in [-0.2, -0.15) is 0 Å². The van der Waals surface area contributed by atoms with E-state index in [0.29, 0.717) is 5.92 Å². The zero-order valence-electron chi connectivity index (χ0n) is 8.49. The fourth-order valence-corrected chi connectivity index (χ4v) is 2.74. The van der Waals surface area contributed by atoms with Gasteiger partial charge in [0.1, 0.15) is 6.04 Å². The lowest BCUT2D eigenvalue weighted by atomic mass is 9.78. The minimum atomic E-state index is -0.0746. The van der Waals surface area contributed by atoms with Crippen LogP contribution < -0.4 is 5.32 Å². The van der Waals surface area contributed by atoms with Crippen LogP contribution in [0.4, 0.5) is 0 Å². The zero-order valence-corrected chi connectivity index (χ0v) is 9.31. The molecule has 0 amide bonds. The molecule has 0 unspecified atom stereocenters. The molecule has 82 valence electrons. The Hall–Kier alpha value is -0.280. The van der Waals surface area contributed by atoms with Crippen LogP contribution >= 0.6 is 12.4 Å². The van der Waals surface area contributed by atoms with Gasteiger partial charge >= 0.3 is 5.97 Å². The largest absolute Gasteiger partial charge is 0.468 e. The molecule has 14 heavy (non-hydrogen) atoms. The van der Waals surface area contributed by atoms with Crippen molar-refractivity contribution in [2.75, 3.05) is 13.7 Å². The topological polar surface area (TPSA) is 38.3 Å². The van der Waals surface area contributed by atoms with Crippen molar-refractivity contribution in [1.29, 1.82) is 0 Å². The SMILES string of the molecule is COC(=O)[C@@H]1NC[C@H]2CCCC[C@H]21.Cl. The van der Waals surface area contributed by atoms with Gasteiger partial charge in [0.25, 0.3) is 0 Å². The van der Waals surface area contributed by atoms with Gasteiger partial charge in [-0.1, -0.05) is 12.8 Å². The average molecular weight is 220 g/mol. The number of esters is 1. The summed E-state index contributed by atoms with van der Waals surface area (Å²) in [5.41, 5.74) is 0. The van der Waals surface area contributed by atoms with Crippen molar-refractivity contribution >= 4 is 18.4 Å². The molecule has 1 saturated carbocycles. The summed E-state index contributed by atoms with van der Waals surface area (Å²) in [5, 5.41) is 3.27. The maximum Gasteiger partial charge on any atom is 0.323 e. The van der Waals surface area contributed by atoms with Gasteiger partial charge in [0.05, 0.1) is 7.11 Å². The quantitative estimate of drug-likeness (QED) is 0.677. The smallest absolute Gasteiger partial charge is 0.323 e. The Kier molecular flexibility index (Phi) is 4.20. The number of carbonyl (C=O) groups is 1. The minimum Gasteiger partial charge on any atom is -0.468 e. The van der Waals surface area contributed by atoms with Crippen LogP contribution in [-0.4, -0.2) is 25.7 Å². The van der Waals surface area contributed by atoms with E-state index in [0.717, 1.165) is 12.5 Å². The van der Waals surface area contributed by atoms with Gasteiger partial charge in [0.2, 0.25) is 0 Å². The van der Waals surface area contributed by atoms with Crippen molar-refractivity contribution in [2.24, 2.45) is 11.8 Å². The molecule has 0 aromatic heterocycles. The summed E-state index contributed by atoms with van der Waals surface area (Å²) < 4.78 is 4.78. The Morgan fingerprint density at radius 2 is 2.07 bits per heavy atom. The highest BCUT2D eigenvalue weighted by Gasteiger charge is 2.41. The van der Waals surface area contributed by atoms with Gasteiger partial charge in [-0.05, 0) is 31.2 Å². The van der Waals surface area contributed by atoms with Crippen molar-refractivity contribution in [3.8, 4) is 0 Å². The highest BCUT2D eigenvalue weighted by atomic mass is 35.5. The van der Waals surface area contributed by atoms with E-state index in [9.17, 15) is 4.79 Å². The second-order valence-corrected chi connectivity index (χ2v) is 4.12. The Morgan fingerprint density at radius 3 is 2.79 bits per heavy atom. The number of carbonyl (C=O) groups excluding carboxylic acids is 1. The number of hydrogen-bond acceptors (Lipinski definition) is 3. The van der Waals surface area contributed by atoms with Gasteiger partial charge in [0.15, 0.2) is 0 Å². The fraction of sp³-hybridized carbons (Fsp3) is 0.900. The van der Waals surface area contributed by atoms with Crippen LogP contribution in [0.1, 0.15) is 25.7 Å². The van der Waals surface area contributed by atoms with E-state index in [1.54, 1.807) is 0 Å². The summed E-state index contributed by atoms with van der Waals surface area (Å²) >= 11 is 0. The molecule has 1 aliphatic heterocycles. The number of ether oxygens (including phenoxy) is 1. The first-order valence-corrected chi connectivity index (χ1v) is 5.14. The molecule has 2 rings (SSSR count). The first kappa shape index (κ1) is 11.8. The molecule has 0 aromatic carbocycles. The lowest BCUT2D eigenvalue weighted by molar-refractivity contribution is -0.144. The maximum absolute atomic E-state index is 11.4. The number of nitrogens with one attached hydrogen (secondary N) is 1. The molecule has 1 N–H and O–H groups in total. The summed E-state index contributed by atoms with van der Waals surface area (Å²) in [6.07, 6.45) is 5.08. The van der Waals surface area contributed by atoms with Gasteiger partial charge in [-0.25, -0.2) is 0 Å². The molecule has 1 heterocycles. The van der Waals surface area contributed by atoms with E-state index in [1.807, 2.05) is 0 Å². The average Bonchev–Trinajstić information content (AvgIpc) is 2.60. The van der Waals surface area contributed by atoms with E-state index < -0.39 is 0 Å². The van der Waals surface area contributed by atoms with Crippen LogP contribution in [-0.2, 0) is 9.53 Å². The van der Waals surface area contributed by atoms with E-state index in [-0.39, 0.29) is 24.4 Å². The highest BCUT2D eigenvalue weighted by Crippen LogP contribution is 2.36. The van der Waals surface area contributed by atoms with Crippen molar-refractivity contribution < 1.29 is 9.53 Å². The number of rotatable bonds is 1. The van der Waals surface area contributed by atoms with Crippen molar-refractivity contribution in [1.82, 2.24) is 5.32 Å². The molecule has 0 radical (unpaired) electrons. The first-order chi connectivity index (χ1) is 6.33. The summed E-state index contributed by atoms with van der Waals surface area (Å²) in [7, 11) is 1.47. The number of hydrogen-bond donors (Lipinski definition) is 1. The van der Waals surface area contributed by atoms with E-state index >= 15 is 0 Å². The Bertz CT molecular complexity index is 210. The molecule has 1 aliphatic carbocycles. The van der Waals surface area contributed by atoms with E-state index in [2.05, 4.69) is 5.32 Å². The molecule has 2 aliphatic rings. The van der Waals surface area contributed by atoms with Crippen LogP contribution in [0.25, 0.3) is 0 Å². The van der Waals surface area contributed by atoms with E-state index in [1.165, 1.54) is 32.8 Å². The Balaban J connectivity index is 0.000000980. The Morgan fingerprint density at radius 1 is 1.36 bits per heavy atom. The normalized spacial score (nSPS) is 35.6. The van der Waals surface area contributed by atoms with Crippen molar-refractivity contribution in [2.45, 2.75) is 31.7 Å². The second-order valence-electron chi connectivity index (χ2n) is 4.12. The highest BCUT2D eigenvalue weighted by molar-refractivity contribution is 5.85. The van der Waals surface area contributed by atoms with Gasteiger partial charge in [-0.3, -0.25) is 4.79 Å². The zero-order chi connectivity index (χ0) is 9.26. The molecule has 3 atom stereocenters. The summed E-state index contributed by atoms with van der Waals surface area (Å²) in [6, 6.07) is -0.0182. The minimum absolute atomic E-state index is 0. The molecule has 4 heteroatoms. The van der Waals surface area contributed by atoms with Crippen LogP contribution in [0.15, 0.2) is 0 Å². The van der Waals surface area contributed by atoms with Crippen molar-refractivity contribution in [3.63, 3.8) is 0 Å². The molecule has 2 fully saturated rings. The van der Waals surface area contributed by atoms with Gasteiger partial charge in [0, 0.05) is 0 Å². The first-order valence-electron chi connectivity index (χ1n) is 5.14. The molecule has 0 bridgehead atoms. The third kappa shape index (κ3) is 2.04. The number of fused-ring (bicyclic) bond motifs is 1. The van der Waals surface area contributed by atoms with Crippen LogP contribution in [0.2, 0.25) is 0 Å². The van der Waals surface area contributed by atoms with Crippen molar-refractivity contribution in [3.05, 3.63) is 0 Å². The predicted molar refractivity (Wildman–Crippen MR) is 56.5 cm³/mol. The molecule has 3 nitrogen and oxygen atoms in total.